The number of carbonyl (C=O) groups excluding carboxylic acids is 1. The molecule has 0 aliphatic carbocycles. The second kappa shape index (κ2) is 5.64. The molecule has 3 rings (SSSR count). The summed E-state index contributed by atoms with van der Waals surface area (Å²) in [6.07, 6.45) is -0.253. The maximum Gasteiger partial charge on any atom is 0.416 e. The van der Waals surface area contributed by atoms with E-state index in [4.69, 9.17) is 0 Å². The standard InChI is InChI=1S/C15H9F3N4O/c16-15(17,18)10-3-1-2-9(6-10)14(23)22-13-11-7-19-5-4-12(11)20-8-21-13/h1-8H,(H,20,21,22,23). The van der Waals surface area contributed by atoms with Gasteiger partial charge in [0.1, 0.15) is 12.1 Å². The second-order valence-electron chi connectivity index (χ2n) is 4.65. The predicted molar refractivity (Wildman–Crippen MR) is 76.7 cm³/mol. The van der Waals surface area contributed by atoms with Gasteiger partial charge in [0, 0.05) is 18.0 Å². The van der Waals surface area contributed by atoms with Crippen molar-refractivity contribution in [3.05, 3.63) is 60.2 Å². The number of nitrogens with one attached hydrogen (secondary N) is 1. The van der Waals surface area contributed by atoms with Crippen LogP contribution in [0.2, 0.25) is 0 Å². The first-order valence-corrected chi connectivity index (χ1v) is 6.48. The molecular formula is C15H9F3N4O. The molecule has 1 N–H and O–H groups in total. The third kappa shape index (κ3) is 3.10. The van der Waals surface area contributed by atoms with Crippen LogP contribution in [-0.4, -0.2) is 20.9 Å². The van der Waals surface area contributed by atoms with Gasteiger partial charge in [0.15, 0.2) is 0 Å². The number of nitrogens with zero attached hydrogens (tertiary/aromatic N) is 3. The number of rotatable bonds is 2. The number of anilines is 1. The van der Waals surface area contributed by atoms with Crippen molar-refractivity contribution in [1.29, 1.82) is 0 Å². The van der Waals surface area contributed by atoms with Gasteiger partial charge in [0.2, 0.25) is 0 Å². The lowest BCUT2D eigenvalue weighted by Gasteiger charge is -2.09. The maximum absolute atomic E-state index is 12.7. The third-order valence-corrected chi connectivity index (χ3v) is 3.12. The SMILES string of the molecule is O=C(Nc1ncnc2ccncc12)c1cccc(C(F)(F)F)c1. The van der Waals surface area contributed by atoms with Crippen LogP contribution in [0.25, 0.3) is 10.9 Å². The van der Waals surface area contributed by atoms with E-state index in [1.807, 2.05) is 0 Å². The first-order chi connectivity index (χ1) is 10.9. The fraction of sp³-hybridized carbons (Fsp3) is 0.0667. The number of halogens is 3. The van der Waals surface area contributed by atoms with Crippen molar-refractivity contribution >= 4 is 22.6 Å². The Labute approximate surface area is 128 Å². The van der Waals surface area contributed by atoms with E-state index in [1.165, 1.54) is 30.9 Å². The monoisotopic (exact) mass is 318 g/mol. The highest BCUT2D eigenvalue weighted by atomic mass is 19.4. The molecule has 5 nitrogen and oxygen atoms in total. The molecular weight excluding hydrogens is 309 g/mol. The molecule has 2 heterocycles. The second-order valence-corrected chi connectivity index (χ2v) is 4.65. The lowest BCUT2D eigenvalue weighted by atomic mass is 10.1. The van der Waals surface area contributed by atoms with E-state index in [-0.39, 0.29) is 11.4 Å². The zero-order chi connectivity index (χ0) is 16.4. The summed E-state index contributed by atoms with van der Waals surface area (Å²) >= 11 is 0. The lowest BCUT2D eigenvalue weighted by Crippen LogP contribution is -2.15. The largest absolute Gasteiger partial charge is 0.416 e. The van der Waals surface area contributed by atoms with Crippen molar-refractivity contribution in [2.75, 3.05) is 5.32 Å². The minimum atomic E-state index is -4.51. The zero-order valence-corrected chi connectivity index (χ0v) is 11.5. The van der Waals surface area contributed by atoms with Crippen LogP contribution >= 0.6 is 0 Å². The molecule has 0 radical (unpaired) electrons. The maximum atomic E-state index is 12.7. The molecule has 0 saturated heterocycles. The van der Waals surface area contributed by atoms with E-state index in [9.17, 15) is 18.0 Å². The van der Waals surface area contributed by atoms with Crippen molar-refractivity contribution < 1.29 is 18.0 Å². The Balaban J connectivity index is 1.92. The number of carbonyl (C=O) groups is 1. The first kappa shape index (κ1) is 14.9. The highest BCUT2D eigenvalue weighted by molar-refractivity contribution is 6.07. The van der Waals surface area contributed by atoms with Gasteiger partial charge in [-0.05, 0) is 24.3 Å². The Kier molecular flexibility index (Phi) is 3.65. The Morgan fingerprint density at radius 1 is 1.13 bits per heavy atom. The molecule has 0 unspecified atom stereocenters. The molecule has 3 aromatic rings. The van der Waals surface area contributed by atoms with Crippen LogP contribution < -0.4 is 5.32 Å². The Morgan fingerprint density at radius 3 is 2.74 bits per heavy atom. The van der Waals surface area contributed by atoms with Crippen LogP contribution in [0.4, 0.5) is 19.0 Å². The first-order valence-electron chi connectivity index (χ1n) is 6.48. The molecule has 1 amide bonds. The van der Waals surface area contributed by atoms with Crippen LogP contribution in [0.3, 0.4) is 0 Å². The smallest absolute Gasteiger partial charge is 0.306 e. The van der Waals surface area contributed by atoms with Crippen molar-refractivity contribution in [2.24, 2.45) is 0 Å². The molecule has 0 spiro atoms. The minimum Gasteiger partial charge on any atom is -0.306 e. The summed E-state index contributed by atoms with van der Waals surface area (Å²) in [4.78, 5) is 24.1. The molecule has 0 fully saturated rings. The fourth-order valence-corrected chi connectivity index (χ4v) is 2.02. The van der Waals surface area contributed by atoms with E-state index in [0.29, 0.717) is 10.9 Å². The molecule has 1 aromatic carbocycles. The molecule has 0 atom stereocenters. The van der Waals surface area contributed by atoms with Crippen LogP contribution in [0.5, 0.6) is 0 Å². The Morgan fingerprint density at radius 2 is 1.96 bits per heavy atom. The molecule has 0 aliphatic rings. The lowest BCUT2D eigenvalue weighted by molar-refractivity contribution is -0.137. The van der Waals surface area contributed by atoms with E-state index < -0.39 is 17.6 Å². The van der Waals surface area contributed by atoms with Crippen LogP contribution in [-0.2, 0) is 6.18 Å². The van der Waals surface area contributed by atoms with E-state index >= 15 is 0 Å². The fourth-order valence-electron chi connectivity index (χ4n) is 2.02. The molecule has 0 saturated carbocycles. The van der Waals surface area contributed by atoms with Crippen molar-refractivity contribution in [3.8, 4) is 0 Å². The van der Waals surface area contributed by atoms with Gasteiger partial charge in [-0.15, -0.1) is 0 Å². The molecule has 116 valence electrons. The van der Waals surface area contributed by atoms with Crippen LogP contribution in [0.15, 0.2) is 49.1 Å². The number of alkyl halides is 3. The normalized spacial score (nSPS) is 11.4. The topological polar surface area (TPSA) is 67.8 Å². The highest BCUT2D eigenvalue weighted by Gasteiger charge is 2.30. The summed E-state index contributed by atoms with van der Waals surface area (Å²) in [7, 11) is 0. The van der Waals surface area contributed by atoms with Crippen LogP contribution in [0, 0.1) is 0 Å². The summed E-state index contributed by atoms with van der Waals surface area (Å²) in [6, 6.07) is 5.80. The van der Waals surface area contributed by atoms with Gasteiger partial charge in [-0.3, -0.25) is 9.78 Å². The summed E-state index contributed by atoms with van der Waals surface area (Å²) in [5.74, 6) is -0.509. The van der Waals surface area contributed by atoms with Gasteiger partial charge < -0.3 is 5.32 Å². The Bertz CT molecular complexity index is 874. The number of amides is 1. The third-order valence-electron chi connectivity index (χ3n) is 3.12. The van der Waals surface area contributed by atoms with E-state index in [2.05, 4.69) is 20.3 Å². The summed E-state index contributed by atoms with van der Waals surface area (Å²) < 4.78 is 38.1. The van der Waals surface area contributed by atoms with Gasteiger partial charge in [-0.1, -0.05) is 6.07 Å². The van der Waals surface area contributed by atoms with Gasteiger partial charge in [-0.25, -0.2) is 9.97 Å². The predicted octanol–water partition coefficient (Wildman–Crippen LogP) is 3.30. The van der Waals surface area contributed by atoms with Gasteiger partial charge >= 0.3 is 6.18 Å². The highest BCUT2D eigenvalue weighted by Crippen LogP contribution is 2.29. The average molecular weight is 318 g/mol. The van der Waals surface area contributed by atoms with Gasteiger partial charge in [0.25, 0.3) is 5.91 Å². The molecule has 8 heteroatoms. The number of aromatic nitrogens is 3. The quantitative estimate of drug-likeness (QED) is 0.787. The van der Waals surface area contributed by atoms with Gasteiger partial charge in [0.05, 0.1) is 16.5 Å². The minimum absolute atomic E-state index is 0.115. The van der Waals surface area contributed by atoms with Crippen molar-refractivity contribution in [3.63, 3.8) is 0 Å². The number of fused-ring (bicyclic) bond motifs is 1. The Hall–Kier alpha value is -3.03. The molecule has 2 aromatic heterocycles. The molecule has 23 heavy (non-hydrogen) atoms. The summed E-state index contributed by atoms with van der Waals surface area (Å²) in [6.45, 7) is 0. The van der Waals surface area contributed by atoms with Crippen molar-refractivity contribution in [1.82, 2.24) is 15.0 Å². The van der Waals surface area contributed by atoms with E-state index in [1.54, 1.807) is 6.07 Å². The number of pyridine rings is 1. The van der Waals surface area contributed by atoms with E-state index in [0.717, 1.165) is 12.1 Å². The number of benzene rings is 1. The summed E-state index contributed by atoms with van der Waals surface area (Å²) in [5.41, 5.74) is -0.441. The number of hydrogen-bond acceptors (Lipinski definition) is 4. The van der Waals surface area contributed by atoms with Gasteiger partial charge in [-0.2, -0.15) is 13.2 Å². The summed E-state index contributed by atoms with van der Waals surface area (Å²) in [5, 5.41) is 2.98. The molecule has 0 aliphatic heterocycles. The average Bonchev–Trinajstić information content (AvgIpc) is 2.54. The van der Waals surface area contributed by atoms with Crippen molar-refractivity contribution in [2.45, 2.75) is 6.18 Å². The molecule has 0 bridgehead atoms. The zero-order valence-electron chi connectivity index (χ0n) is 11.5. The number of hydrogen-bond donors (Lipinski definition) is 1. The van der Waals surface area contributed by atoms with Crippen LogP contribution in [0.1, 0.15) is 15.9 Å².